The lowest BCUT2D eigenvalue weighted by Gasteiger charge is -2.09. The third-order valence-corrected chi connectivity index (χ3v) is 1.80. The van der Waals surface area contributed by atoms with E-state index < -0.39 is 6.04 Å². The Labute approximate surface area is 83.3 Å². The van der Waals surface area contributed by atoms with Gasteiger partial charge in [-0.2, -0.15) is 5.26 Å². The number of hydrogen-bond donors (Lipinski definition) is 2. The van der Waals surface area contributed by atoms with E-state index in [0.29, 0.717) is 6.54 Å². The molecule has 0 spiro atoms. The van der Waals surface area contributed by atoms with Crippen molar-refractivity contribution in [2.45, 2.75) is 6.04 Å². The van der Waals surface area contributed by atoms with E-state index in [0.717, 1.165) is 5.56 Å². The molecule has 2 N–H and O–H groups in total. The van der Waals surface area contributed by atoms with Crippen molar-refractivity contribution in [2.75, 3.05) is 6.54 Å². The fourth-order valence-corrected chi connectivity index (χ4v) is 1.14. The van der Waals surface area contributed by atoms with Crippen LogP contribution in [-0.2, 0) is 0 Å². The van der Waals surface area contributed by atoms with Crippen LogP contribution in [0.25, 0.3) is 0 Å². The second kappa shape index (κ2) is 5.05. The van der Waals surface area contributed by atoms with Gasteiger partial charge in [0.1, 0.15) is 11.8 Å². The summed E-state index contributed by atoms with van der Waals surface area (Å²) in [7, 11) is 0. The fraction of sp³-hybridized carbons (Fsp3) is 0.182. The first-order chi connectivity index (χ1) is 6.77. The summed E-state index contributed by atoms with van der Waals surface area (Å²) in [6.45, 7) is 4.12. The summed E-state index contributed by atoms with van der Waals surface area (Å²) in [5.41, 5.74) is 0.759. The monoisotopic (exact) mass is 188 g/mol. The number of nitriles is 1. The molecule has 3 nitrogen and oxygen atoms in total. The number of hydrogen-bond acceptors (Lipinski definition) is 3. The van der Waals surface area contributed by atoms with Crippen LogP contribution in [0, 0.1) is 11.3 Å². The SMILES string of the molecule is C=CCNC(C#N)c1cccc(O)c1. The predicted molar refractivity (Wildman–Crippen MR) is 54.7 cm³/mol. The van der Waals surface area contributed by atoms with Crippen molar-refractivity contribution in [1.82, 2.24) is 5.32 Å². The van der Waals surface area contributed by atoms with Crippen molar-refractivity contribution in [3.8, 4) is 11.8 Å². The Balaban J connectivity index is 2.79. The lowest BCUT2D eigenvalue weighted by atomic mass is 10.1. The van der Waals surface area contributed by atoms with E-state index in [4.69, 9.17) is 5.26 Å². The van der Waals surface area contributed by atoms with Gasteiger partial charge in [-0.15, -0.1) is 6.58 Å². The normalized spacial score (nSPS) is 11.6. The molecule has 14 heavy (non-hydrogen) atoms. The van der Waals surface area contributed by atoms with E-state index in [1.165, 1.54) is 0 Å². The molecule has 0 saturated heterocycles. The first kappa shape index (κ1) is 10.3. The molecule has 0 fully saturated rings. The fourth-order valence-electron chi connectivity index (χ4n) is 1.14. The van der Waals surface area contributed by atoms with Gasteiger partial charge in [0.15, 0.2) is 0 Å². The Bertz CT molecular complexity index is 355. The highest BCUT2D eigenvalue weighted by molar-refractivity contribution is 5.32. The van der Waals surface area contributed by atoms with Crippen LogP contribution in [0.2, 0.25) is 0 Å². The molecule has 0 aliphatic rings. The number of aromatic hydroxyl groups is 1. The zero-order valence-electron chi connectivity index (χ0n) is 7.77. The number of phenolic OH excluding ortho intramolecular Hbond substituents is 1. The van der Waals surface area contributed by atoms with Crippen LogP contribution in [0.5, 0.6) is 5.75 Å². The Morgan fingerprint density at radius 3 is 3.00 bits per heavy atom. The summed E-state index contributed by atoms with van der Waals surface area (Å²) in [6.07, 6.45) is 1.69. The maximum absolute atomic E-state index is 9.23. The summed E-state index contributed by atoms with van der Waals surface area (Å²) >= 11 is 0. The number of rotatable bonds is 4. The number of benzene rings is 1. The summed E-state index contributed by atoms with van der Waals surface area (Å²) in [6, 6.07) is 8.36. The van der Waals surface area contributed by atoms with Crippen LogP contribution in [-0.4, -0.2) is 11.7 Å². The molecule has 1 aromatic carbocycles. The molecular formula is C11H12N2O. The van der Waals surface area contributed by atoms with Crippen LogP contribution in [0.3, 0.4) is 0 Å². The molecule has 1 unspecified atom stereocenters. The van der Waals surface area contributed by atoms with Gasteiger partial charge in [0.05, 0.1) is 6.07 Å². The van der Waals surface area contributed by atoms with Crippen molar-refractivity contribution < 1.29 is 5.11 Å². The molecule has 1 atom stereocenters. The van der Waals surface area contributed by atoms with E-state index in [-0.39, 0.29) is 5.75 Å². The lowest BCUT2D eigenvalue weighted by Crippen LogP contribution is -2.19. The maximum Gasteiger partial charge on any atom is 0.121 e. The smallest absolute Gasteiger partial charge is 0.121 e. The van der Waals surface area contributed by atoms with E-state index in [9.17, 15) is 5.11 Å². The summed E-state index contributed by atoms with van der Waals surface area (Å²) < 4.78 is 0. The summed E-state index contributed by atoms with van der Waals surface area (Å²) in [5, 5.41) is 21.1. The second-order valence-corrected chi connectivity index (χ2v) is 2.85. The maximum atomic E-state index is 9.23. The summed E-state index contributed by atoms with van der Waals surface area (Å²) in [4.78, 5) is 0. The highest BCUT2D eigenvalue weighted by Gasteiger charge is 2.08. The first-order valence-electron chi connectivity index (χ1n) is 4.30. The highest BCUT2D eigenvalue weighted by atomic mass is 16.3. The predicted octanol–water partition coefficient (Wildman–Crippen LogP) is 1.73. The van der Waals surface area contributed by atoms with Gasteiger partial charge in [0.2, 0.25) is 0 Å². The number of nitrogens with one attached hydrogen (secondary N) is 1. The molecule has 0 radical (unpaired) electrons. The lowest BCUT2D eigenvalue weighted by molar-refractivity contribution is 0.473. The van der Waals surface area contributed by atoms with Crippen molar-refractivity contribution >= 4 is 0 Å². The quantitative estimate of drug-likeness (QED) is 0.707. The molecule has 72 valence electrons. The largest absolute Gasteiger partial charge is 0.508 e. The Hall–Kier alpha value is -1.79. The third kappa shape index (κ3) is 2.61. The van der Waals surface area contributed by atoms with E-state index in [1.54, 1.807) is 30.3 Å². The van der Waals surface area contributed by atoms with Gasteiger partial charge in [0, 0.05) is 6.54 Å². The molecule has 3 heteroatoms. The van der Waals surface area contributed by atoms with E-state index >= 15 is 0 Å². The van der Waals surface area contributed by atoms with Gasteiger partial charge in [-0.1, -0.05) is 18.2 Å². The van der Waals surface area contributed by atoms with Gasteiger partial charge >= 0.3 is 0 Å². The zero-order valence-corrected chi connectivity index (χ0v) is 7.77. The number of phenols is 1. The Morgan fingerprint density at radius 1 is 1.64 bits per heavy atom. The highest BCUT2D eigenvalue weighted by Crippen LogP contribution is 2.17. The minimum Gasteiger partial charge on any atom is -0.508 e. The van der Waals surface area contributed by atoms with Crippen LogP contribution in [0.1, 0.15) is 11.6 Å². The number of nitrogens with zero attached hydrogens (tertiary/aromatic N) is 1. The van der Waals surface area contributed by atoms with Crippen molar-refractivity contribution in [3.05, 3.63) is 42.5 Å². The van der Waals surface area contributed by atoms with Crippen molar-refractivity contribution in [1.29, 1.82) is 5.26 Å². The summed E-state index contributed by atoms with van der Waals surface area (Å²) in [5.74, 6) is 0.170. The van der Waals surface area contributed by atoms with Gasteiger partial charge in [0.25, 0.3) is 0 Å². The molecule has 0 bridgehead atoms. The minimum absolute atomic E-state index is 0.170. The molecule has 0 amide bonds. The van der Waals surface area contributed by atoms with E-state index in [1.807, 2.05) is 0 Å². The second-order valence-electron chi connectivity index (χ2n) is 2.85. The molecule has 0 aromatic heterocycles. The Morgan fingerprint density at radius 2 is 2.43 bits per heavy atom. The molecule has 0 heterocycles. The van der Waals surface area contributed by atoms with Gasteiger partial charge < -0.3 is 5.11 Å². The average molecular weight is 188 g/mol. The molecule has 1 aromatic rings. The van der Waals surface area contributed by atoms with E-state index in [2.05, 4.69) is 18.0 Å². The minimum atomic E-state index is -0.403. The molecule has 0 aliphatic carbocycles. The topological polar surface area (TPSA) is 56.0 Å². The molecular weight excluding hydrogens is 176 g/mol. The van der Waals surface area contributed by atoms with Crippen LogP contribution >= 0.6 is 0 Å². The van der Waals surface area contributed by atoms with Crippen LogP contribution in [0.15, 0.2) is 36.9 Å². The van der Waals surface area contributed by atoms with Gasteiger partial charge in [-0.25, -0.2) is 0 Å². The molecule has 0 aliphatic heterocycles. The zero-order chi connectivity index (χ0) is 10.4. The molecule has 0 saturated carbocycles. The third-order valence-electron chi connectivity index (χ3n) is 1.80. The standard InChI is InChI=1S/C11H12N2O/c1-2-6-13-11(8-12)9-4-3-5-10(14)7-9/h2-5,7,11,13-14H,1,6H2. The van der Waals surface area contributed by atoms with Crippen LogP contribution in [0.4, 0.5) is 0 Å². The first-order valence-corrected chi connectivity index (χ1v) is 4.30. The van der Waals surface area contributed by atoms with Crippen molar-refractivity contribution in [2.24, 2.45) is 0 Å². The molecule has 1 rings (SSSR count). The van der Waals surface area contributed by atoms with Gasteiger partial charge in [-0.05, 0) is 17.7 Å². The Kier molecular flexibility index (Phi) is 3.71. The average Bonchev–Trinajstić information content (AvgIpc) is 2.19. The van der Waals surface area contributed by atoms with Gasteiger partial charge in [-0.3, -0.25) is 5.32 Å². The van der Waals surface area contributed by atoms with Crippen LogP contribution < -0.4 is 5.32 Å². The van der Waals surface area contributed by atoms with Crippen molar-refractivity contribution in [3.63, 3.8) is 0 Å².